The van der Waals surface area contributed by atoms with Crippen molar-refractivity contribution in [3.05, 3.63) is 0 Å². The average molecular weight is 298 g/mol. The van der Waals surface area contributed by atoms with Crippen molar-refractivity contribution in [2.24, 2.45) is 5.92 Å². The molecular formula is C15H26N2O4. The Hall–Kier alpha value is -1.30. The molecule has 2 fully saturated rings. The van der Waals surface area contributed by atoms with Gasteiger partial charge in [-0.3, -0.25) is 0 Å². The summed E-state index contributed by atoms with van der Waals surface area (Å²) in [5, 5.41) is 19.5. The first-order valence-electron chi connectivity index (χ1n) is 7.82. The second-order valence-corrected chi connectivity index (χ2v) is 6.72. The van der Waals surface area contributed by atoms with Crippen molar-refractivity contribution in [1.82, 2.24) is 9.80 Å². The van der Waals surface area contributed by atoms with Gasteiger partial charge in [-0.1, -0.05) is 6.92 Å². The van der Waals surface area contributed by atoms with Crippen LogP contribution >= 0.6 is 0 Å². The van der Waals surface area contributed by atoms with Gasteiger partial charge in [-0.05, 0) is 44.9 Å². The molecule has 6 nitrogen and oxygen atoms in total. The van der Waals surface area contributed by atoms with Crippen LogP contribution in [0.4, 0.5) is 4.79 Å². The summed E-state index contributed by atoms with van der Waals surface area (Å²) < 4.78 is 0. The maximum absolute atomic E-state index is 12.7. The third-order valence-corrected chi connectivity index (χ3v) is 4.77. The number of piperidine rings is 1. The van der Waals surface area contributed by atoms with Crippen LogP contribution in [0.3, 0.4) is 0 Å². The minimum Gasteiger partial charge on any atom is -0.480 e. The molecule has 0 spiro atoms. The fraction of sp³-hybridized carbons (Fsp3) is 0.867. The molecule has 0 saturated carbocycles. The predicted octanol–water partition coefficient (Wildman–Crippen LogP) is 1.53. The van der Waals surface area contributed by atoms with Gasteiger partial charge in [-0.2, -0.15) is 0 Å². The third-order valence-electron chi connectivity index (χ3n) is 4.77. The molecule has 2 aliphatic heterocycles. The summed E-state index contributed by atoms with van der Waals surface area (Å²) >= 11 is 0. The Kier molecular flexibility index (Phi) is 4.76. The molecular weight excluding hydrogens is 272 g/mol. The van der Waals surface area contributed by atoms with Crippen molar-refractivity contribution in [2.45, 2.75) is 57.6 Å². The van der Waals surface area contributed by atoms with E-state index in [0.29, 0.717) is 32.5 Å². The number of carbonyl (C=O) groups is 2. The van der Waals surface area contributed by atoms with Crippen molar-refractivity contribution in [3.63, 3.8) is 0 Å². The first-order chi connectivity index (χ1) is 9.82. The summed E-state index contributed by atoms with van der Waals surface area (Å²) in [6.07, 6.45) is 3.66. The lowest BCUT2D eigenvalue weighted by molar-refractivity contribution is -0.145. The largest absolute Gasteiger partial charge is 0.480 e. The van der Waals surface area contributed by atoms with E-state index in [0.717, 1.165) is 19.3 Å². The molecule has 0 aromatic rings. The van der Waals surface area contributed by atoms with Crippen molar-refractivity contribution >= 4 is 12.0 Å². The van der Waals surface area contributed by atoms with Crippen LogP contribution in [0, 0.1) is 5.92 Å². The highest BCUT2D eigenvalue weighted by atomic mass is 16.4. The normalized spacial score (nSPS) is 34.4. The molecule has 0 aliphatic carbocycles. The number of nitrogens with zero attached hydrogens (tertiary/aromatic N) is 2. The highest BCUT2D eigenvalue weighted by Gasteiger charge is 2.39. The Labute approximate surface area is 125 Å². The second-order valence-electron chi connectivity index (χ2n) is 6.72. The summed E-state index contributed by atoms with van der Waals surface area (Å²) in [6.45, 7) is 5.28. The zero-order valence-corrected chi connectivity index (χ0v) is 12.9. The number of hydrogen-bond acceptors (Lipinski definition) is 3. The lowest BCUT2D eigenvalue weighted by atomic mass is 9.91. The number of urea groups is 1. The van der Waals surface area contributed by atoms with Crippen LogP contribution in [0.25, 0.3) is 0 Å². The molecule has 2 aliphatic rings. The van der Waals surface area contributed by atoms with E-state index in [-0.39, 0.29) is 11.9 Å². The van der Waals surface area contributed by atoms with E-state index >= 15 is 0 Å². The number of carboxylic acid groups (broad SMARTS) is 1. The van der Waals surface area contributed by atoms with Crippen LogP contribution in [0.15, 0.2) is 0 Å². The van der Waals surface area contributed by atoms with Crippen molar-refractivity contribution in [2.75, 3.05) is 19.6 Å². The molecule has 2 amide bonds. The van der Waals surface area contributed by atoms with Crippen LogP contribution in [0.2, 0.25) is 0 Å². The first kappa shape index (κ1) is 16.1. The van der Waals surface area contributed by atoms with E-state index in [1.54, 1.807) is 11.8 Å². The van der Waals surface area contributed by atoms with Gasteiger partial charge in [0.15, 0.2) is 0 Å². The quantitative estimate of drug-likeness (QED) is 0.769. The summed E-state index contributed by atoms with van der Waals surface area (Å²) in [5.41, 5.74) is -0.726. The van der Waals surface area contributed by atoms with E-state index in [4.69, 9.17) is 0 Å². The number of amides is 2. The average Bonchev–Trinajstić information content (AvgIpc) is 2.58. The van der Waals surface area contributed by atoms with Crippen LogP contribution in [-0.4, -0.2) is 63.3 Å². The summed E-state index contributed by atoms with van der Waals surface area (Å²) in [6, 6.07) is -0.915. The van der Waals surface area contributed by atoms with Gasteiger partial charge in [0.25, 0.3) is 0 Å². The Morgan fingerprint density at radius 2 is 1.86 bits per heavy atom. The molecule has 120 valence electrons. The molecule has 0 radical (unpaired) electrons. The Balaban J connectivity index is 2.08. The number of carbonyl (C=O) groups excluding carboxylic acids is 1. The summed E-state index contributed by atoms with van der Waals surface area (Å²) in [5.74, 6) is -0.937. The van der Waals surface area contributed by atoms with Gasteiger partial charge in [0.05, 0.1) is 5.60 Å². The van der Waals surface area contributed by atoms with Gasteiger partial charge in [0, 0.05) is 19.6 Å². The molecule has 21 heavy (non-hydrogen) atoms. The minimum atomic E-state index is -0.919. The number of aliphatic carboxylic acids is 1. The zero-order valence-electron chi connectivity index (χ0n) is 12.9. The van der Waals surface area contributed by atoms with Crippen LogP contribution in [0.1, 0.15) is 46.0 Å². The fourth-order valence-corrected chi connectivity index (χ4v) is 3.42. The number of carboxylic acids is 1. The highest BCUT2D eigenvalue weighted by molar-refractivity contribution is 5.83. The van der Waals surface area contributed by atoms with E-state index in [9.17, 15) is 19.8 Å². The molecule has 3 atom stereocenters. The molecule has 0 bridgehead atoms. The third kappa shape index (κ3) is 3.67. The minimum absolute atomic E-state index is 0.0183. The van der Waals surface area contributed by atoms with Crippen molar-refractivity contribution in [1.29, 1.82) is 0 Å². The monoisotopic (exact) mass is 298 g/mol. The Bertz CT molecular complexity index is 410. The molecule has 2 N–H and O–H groups in total. The topological polar surface area (TPSA) is 81.1 Å². The van der Waals surface area contributed by atoms with E-state index in [1.807, 2.05) is 6.92 Å². The van der Waals surface area contributed by atoms with E-state index < -0.39 is 17.6 Å². The molecule has 2 rings (SSSR count). The van der Waals surface area contributed by atoms with Crippen LogP contribution in [-0.2, 0) is 4.79 Å². The van der Waals surface area contributed by atoms with Gasteiger partial charge in [-0.15, -0.1) is 0 Å². The maximum Gasteiger partial charge on any atom is 0.326 e. The van der Waals surface area contributed by atoms with E-state index in [1.165, 1.54) is 4.90 Å². The zero-order chi connectivity index (χ0) is 15.6. The predicted molar refractivity (Wildman–Crippen MR) is 78.0 cm³/mol. The van der Waals surface area contributed by atoms with Crippen molar-refractivity contribution in [3.8, 4) is 0 Å². The molecule has 2 saturated heterocycles. The molecule has 0 aromatic heterocycles. The number of aliphatic hydroxyl groups is 1. The maximum atomic E-state index is 12.7. The number of likely N-dealkylation sites (tertiary alicyclic amines) is 2. The molecule has 0 aromatic carbocycles. The Morgan fingerprint density at radius 3 is 2.52 bits per heavy atom. The number of hydrogen-bond donors (Lipinski definition) is 2. The molecule has 3 unspecified atom stereocenters. The van der Waals surface area contributed by atoms with Crippen LogP contribution in [0.5, 0.6) is 0 Å². The Morgan fingerprint density at radius 1 is 1.14 bits per heavy atom. The van der Waals surface area contributed by atoms with Crippen LogP contribution < -0.4 is 0 Å². The standard InChI is InChI=1S/C15H26N2O4/c1-11-5-3-9-17(12(11)13(18)19)14(20)16-8-4-6-15(2,21)7-10-16/h11-12,21H,3-10H2,1-2H3,(H,18,19). The molecule has 6 heteroatoms. The summed E-state index contributed by atoms with van der Waals surface area (Å²) in [7, 11) is 0. The lowest BCUT2D eigenvalue weighted by Gasteiger charge is -2.40. The summed E-state index contributed by atoms with van der Waals surface area (Å²) in [4.78, 5) is 27.4. The van der Waals surface area contributed by atoms with Gasteiger partial charge < -0.3 is 20.0 Å². The van der Waals surface area contributed by atoms with Crippen molar-refractivity contribution < 1.29 is 19.8 Å². The number of rotatable bonds is 1. The smallest absolute Gasteiger partial charge is 0.326 e. The van der Waals surface area contributed by atoms with Gasteiger partial charge in [-0.25, -0.2) is 9.59 Å². The van der Waals surface area contributed by atoms with Gasteiger partial charge >= 0.3 is 12.0 Å². The van der Waals surface area contributed by atoms with E-state index in [2.05, 4.69) is 0 Å². The van der Waals surface area contributed by atoms with Gasteiger partial charge in [0.1, 0.15) is 6.04 Å². The fourth-order valence-electron chi connectivity index (χ4n) is 3.42. The first-order valence-corrected chi connectivity index (χ1v) is 7.82. The molecule has 2 heterocycles. The SMILES string of the molecule is CC1CCCN(C(=O)N2CCCC(C)(O)CC2)C1C(=O)O. The highest BCUT2D eigenvalue weighted by Crippen LogP contribution is 2.27. The second kappa shape index (κ2) is 6.22. The van der Waals surface area contributed by atoms with Gasteiger partial charge in [0.2, 0.25) is 0 Å². The lowest BCUT2D eigenvalue weighted by Crippen LogP contribution is -2.56.